The number of rotatable bonds is 3. The summed E-state index contributed by atoms with van der Waals surface area (Å²) in [6.45, 7) is 4.84. The second-order valence-electron chi connectivity index (χ2n) is 4.95. The van der Waals surface area contributed by atoms with E-state index in [0.29, 0.717) is 18.9 Å². The second-order valence-corrected chi connectivity index (χ2v) is 4.95. The van der Waals surface area contributed by atoms with Crippen molar-refractivity contribution in [1.29, 1.82) is 0 Å². The number of nitrogens with zero attached hydrogens (tertiary/aromatic N) is 3. The summed E-state index contributed by atoms with van der Waals surface area (Å²) in [5.74, 6) is 0.616. The Morgan fingerprint density at radius 1 is 1.56 bits per heavy atom. The molecule has 1 aliphatic rings. The molecule has 0 unspecified atom stereocenters. The van der Waals surface area contributed by atoms with E-state index in [-0.39, 0.29) is 17.4 Å². The predicted octanol–water partition coefficient (Wildman–Crippen LogP) is 0.779. The average Bonchev–Trinajstić information content (AvgIpc) is 2.23. The SMILES string of the molecule is CC(C)C1(O)CN(c2ccc([N+](=O)[O-])c(N)n2)C1. The Morgan fingerprint density at radius 2 is 2.17 bits per heavy atom. The molecule has 1 aliphatic heterocycles. The Hall–Kier alpha value is -1.89. The van der Waals surface area contributed by atoms with Crippen LogP contribution in [0.2, 0.25) is 0 Å². The lowest BCUT2D eigenvalue weighted by atomic mass is 9.83. The van der Waals surface area contributed by atoms with Crippen LogP contribution in [0.25, 0.3) is 0 Å². The number of nitro groups is 1. The quantitative estimate of drug-likeness (QED) is 0.608. The van der Waals surface area contributed by atoms with E-state index in [9.17, 15) is 15.2 Å². The molecule has 1 saturated heterocycles. The molecule has 7 nitrogen and oxygen atoms in total. The Bertz CT molecular complexity index is 483. The van der Waals surface area contributed by atoms with Crippen molar-refractivity contribution >= 4 is 17.3 Å². The molecule has 0 saturated carbocycles. The fourth-order valence-corrected chi connectivity index (χ4v) is 1.93. The van der Waals surface area contributed by atoms with Crippen molar-refractivity contribution in [2.45, 2.75) is 19.4 Å². The molecule has 0 aliphatic carbocycles. The maximum atomic E-state index is 10.6. The van der Waals surface area contributed by atoms with Gasteiger partial charge in [-0.1, -0.05) is 13.8 Å². The summed E-state index contributed by atoms with van der Waals surface area (Å²) in [6, 6.07) is 2.89. The maximum Gasteiger partial charge on any atom is 0.311 e. The monoisotopic (exact) mass is 252 g/mol. The first kappa shape index (κ1) is 12.6. The van der Waals surface area contributed by atoms with Crippen molar-refractivity contribution in [2.75, 3.05) is 23.7 Å². The van der Waals surface area contributed by atoms with Gasteiger partial charge >= 0.3 is 5.69 Å². The Labute approximate surface area is 104 Å². The van der Waals surface area contributed by atoms with E-state index >= 15 is 0 Å². The van der Waals surface area contributed by atoms with Crippen LogP contribution in [0.3, 0.4) is 0 Å². The van der Waals surface area contributed by atoms with Crippen molar-refractivity contribution in [2.24, 2.45) is 5.92 Å². The summed E-state index contributed by atoms with van der Waals surface area (Å²) in [6.07, 6.45) is 0. The van der Waals surface area contributed by atoms with Crippen molar-refractivity contribution in [1.82, 2.24) is 4.98 Å². The number of hydrogen-bond acceptors (Lipinski definition) is 6. The molecule has 1 fully saturated rings. The number of pyridine rings is 1. The zero-order chi connectivity index (χ0) is 13.5. The highest BCUT2D eigenvalue weighted by Gasteiger charge is 2.44. The van der Waals surface area contributed by atoms with E-state index in [0.717, 1.165) is 0 Å². The normalized spacial score (nSPS) is 17.7. The third kappa shape index (κ3) is 1.97. The van der Waals surface area contributed by atoms with Gasteiger partial charge in [0.15, 0.2) is 0 Å². The van der Waals surface area contributed by atoms with Crippen LogP contribution in [-0.4, -0.2) is 33.7 Å². The highest BCUT2D eigenvalue weighted by atomic mass is 16.6. The predicted molar refractivity (Wildman–Crippen MR) is 67.3 cm³/mol. The number of hydrogen-bond donors (Lipinski definition) is 2. The minimum Gasteiger partial charge on any atom is -0.386 e. The molecule has 0 bridgehead atoms. The molecule has 0 amide bonds. The Kier molecular flexibility index (Phi) is 2.86. The van der Waals surface area contributed by atoms with Crippen LogP contribution in [0, 0.1) is 16.0 Å². The van der Waals surface area contributed by atoms with Gasteiger partial charge in [-0.3, -0.25) is 10.1 Å². The first-order chi connectivity index (χ1) is 8.33. The first-order valence-electron chi connectivity index (χ1n) is 5.72. The number of anilines is 2. The third-order valence-corrected chi connectivity index (χ3v) is 3.41. The first-order valence-corrected chi connectivity index (χ1v) is 5.72. The maximum absolute atomic E-state index is 10.6. The Morgan fingerprint density at radius 3 is 2.61 bits per heavy atom. The molecule has 0 aromatic carbocycles. The largest absolute Gasteiger partial charge is 0.386 e. The molecule has 18 heavy (non-hydrogen) atoms. The van der Waals surface area contributed by atoms with E-state index < -0.39 is 10.5 Å². The zero-order valence-electron chi connectivity index (χ0n) is 10.3. The zero-order valence-corrected chi connectivity index (χ0v) is 10.3. The molecule has 1 aromatic rings. The fraction of sp³-hybridized carbons (Fsp3) is 0.545. The molecule has 7 heteroatoms. The number of aromatic nitrogens is 1. The average molecular weight is 252 g/mol. The van der Waals surface area contributed by atoms with Crippen molar-refractivity contribution in [3.8, 4) is 0 Å². The van der Waals surface area contributed by atoms with Crippen LogP contribution in [0.4, 0.5) is 17.3 Å². The number of nitrogens with two attached hydrogens (primary N) is 1. The van der Waals surface area contributed by atoms with Crippen LogP contribution in [-0.2, 0) is 0 Å². The van der Waals surface area contributed by atoms with Gasteiger partial charge in [-0.25, -0.2) is 4.98 Å². The minimum atomic E-state index is -0.710. The summed E-state index contributed by atoms with van der Waals surface area (Å²) < 4.78 is 0. The highest BCUT2D eigenvalue weighted by molar-refractivity contribution is 5.59. The second kappa shape index (κ2) is 4.09. The van der Waals surface area contributed by atoms with Crippen LogP contribution < -0.4 is 10.6 Å². The van der Waals surface area contributed by atoms with Gasteiger partial charge in [-0.2, -0.15) is 0 Å². The minimum absolute atomic E-state index is 0.0995. The summed E-state index contributed by atoms with van der Waals surface area (Å²) in [7, 11) is 0. The van der Waals surface area contributed by atoms with Gasteiger partial charge in [0.2, 0.25) is 5.82 Å². The lowest BCUT2D eigenvalue weighted by Gasteiger charge is -2.49. The standard InChI is InChI=1S/C11H16N4O3/c1-7(2)11(16)5-14(6-11)9-4-3-8(15(17)18)10(12)13-9/h3-4,7,16H,5-6H2,1-2H3,(H2,12,13). The molecule has 0 spiro atoms. The molecule has 3 N–H and O–H groups in total. The van der Waals surface area contributed by atoms with E-state index in [1.165, 1.54) is 6.07 Å². The van der Waals surface area contributed by atoms with E-state index in [1.54, 1.807) is 6.07 Å². The summed E-state index contributed by atoms with van der Waals surface area (Å²) in [5, 5.41) is 20.7. The Balaban J connectivity index is 2.14. The molecule has 2 heterocycles. The lowest BCUT2D eigenvalue weighted by molar-refractivity contribution is -0.384. The van der Waals surface area contributed by atoms with E-state index in [2.05, 4.69) is 4.98 Å². The van der Waals surface area contributed by atoms with Crippen LogP contribution in [0.1, 0.15) is 13.8 Å². The topological polar surface area (TPSA) is 106 Å². The highest BCUT2D eigenvalue weighted by Crippen LogP contribution is 2.33. The van der Waals surface area contributed by atoms with Crippen molar-refractivity contribution < 1.29 is 10.0 Å². The molecular formula is C11H16N4O3. The fourth-order valence-electron chi connectivity index (χ4n) is 1.93. The molecule has 0 radical (unpaired) electrons. The molecule has 0 atom stereocenters. The van der Waals surface area contributed by atoms with E-state index in [4.69, 9.17) is 5.73 Å². The molecular weight excluding hydrogens is 236 g/mol. The number of β-amino-alcohol motifs (C(OH)–C–C–N with tert-alkyl or cyclic N) is 1. The van der Waals surface area contributed by atoms with Gasteiger partial charge in [-0.15, -0.1) is 0 Å². The van der Waals surface area contributed by atoms with Gasteiger partial charge in [0, 0.05) is 6.07 Å². The summed E-state index contributed by atoms with van der Waals surface area (Å²) in [4.78, 5) is 15.9. The van der Waals surface area contributed by atoms with Crippen LogP contribution in [0.15, 0.2) is 12.1 Å². The molecule has 98 valence electrons. The van der Waals surface area contributed by atoms with Crippen LogP contribution in [0.5, 0.6) is 0 Å². The van der Waals surface area contributed by atoms with Gasteiger partial charge in [0.1, 0.15) is 11.4 Å². The van der Waals surface area contributed by atoms with Gasteiger partial charge < -0.3 is 15.7 Å². The lowest BCUT2D eigenvalue weighted by Crippen LogP contribution is -2.65. The van der Waals surface area contributed by atoms with Gasteiger partial charge in [-0.05, 0) is 12.0 Å². The van der Waals surface area contributed by atoms with Crippen molar-refractivity contribution in [3.63, 3.8) is 0 Å². The van der Waals surface area contributed by atoms with Gasteiger partial charge in [0.25, 0.3) is 0 Å². The van der Waals surface area contributed by atoms with Crippen LogP contribution >= 0.6 is 0 Å². The summed E-state index contributed by atoms with van der Waals surface area (Å²) in [5.41, 5.74) is 4.62. The van der Waals surface area contributed by atoms with E-state index in [1.807, 2.05) is 18.7 Å². The smallest absolute Gasteiger partial charge is 0.311 e. The summed E-state index contributed by atoms with van der Waals surface area (Å²) >= 11 is 0. The van der Waals surface area contributed by atoms with Gasteiger partial charge in [0.05, 0.1) is 18.0 Å². The molecule has 1 aromatic heterocycles. The number of aliphatic hydroxyl groups is 1. The van der Waals surface area contributed by atoms with Crippen molar-refractivity contribution in [3.05, 3.63) is 22.2 Å². The third-order valence-electron chi connectivity index (χ3n) is 3.41. The number of nitrogen functional groups attached to an aromatic ring is 1. The molecule has 2 rings (SSSR count).